The van der Waals surface area contributed by atoms with E-state index in [-0.39, 0.29) is 72.3 Å². The van der Waals surface area contributed by atoms with Crippen LogP contribution in [0.1, 0.15) is 99.3 Å². The molecule has 2 rings (SSSR count). The smallest absolute Gasteiger partial charge is 0.726 e. The molecule has 0 aromatic rings. The molecule has 0 aromatic carbocycles. The summed E-state index contributed by atoms with van der Waals surface area (Å²) in [5.41, 5.74) is 0. The van der Waals surface area contributed by atoms with Crippen molar-refractivity contribution in [2.45, 2.75) is 105 Å². The zero-order chi connectivity index (χ0) is 18.4. The fourth-order valence-electron chi connectivity index (χ4n) is 3.37. The topological polar surface area (TPSA) is 97.7 Å². The maximum Gasteiger partial charge on any atom is 1.00 e. The second kappa shape index (κ2) is 21.9. The Morgan fingerprint density at radius 3 is 1.74 bits per heavy atom. The summed E-state index contributed by atoms with van der Waals surface area (Å²) in [4.78, 5) is 0. The van der Waals surface area contributed by atoms with Gasteiger partial charge in [-0.25, -0.2) is 8.42 Å². The van der Waals surface area contributed by atoms with Gasteiger partial charge in [0, 0.05) is 0 Å². The van der Waals surface area contributed by atoms with Crippen molar-refractivity contribution in [3.63, 3.8) is 0 Å². The first kappa shape index (κ1) is 35.6. The molecule has 160 valence electrons. The summed E-state index contributed by atoms with van der Waals surface area (Å²) in [7, 11) is -4.92. The summed E-state index contributed by atoms with van der Waals surface area (Å²) >= 11 is 0. The van der Waals surface area contributed by atoms with Crippen LogP contribution in [0.5, 0.6) is 0 Å². The van der Waals surface area contributed by atoms with Crippen molar-refractivity contribution in [3.8, 4) is 0 Å². The van der Waals surface area contributed by atoms with Crippen LogP contribution in [-0.4, -0.2) is 28.7 Å². The maximum absolute atomic E-state index is 9.20. The molecule has 0 spiro atoms. The largest absolute Gasteiger partial charge is 1.00 e. The molecule has 0 amide bonds. The summed E-state index contributed by atoms with van der Waals surface area (Å²) in [6, 6.07) is 0. The van der Waals surface area contributed by atoms with Crippen LogP contribution in [0, 0.1) is 11.8 Å². The van der Waals surface area contributed by atoms with Crippen LogP contribution in [0.25, 0.3) is 0 Å². The predicted molar refractivity (Wildman–Crippen MR) is 110 cm³/mol. The van der Waals surface area contributed by atoms with Crippen LogP contribution >= 0.6 is 0 Å². The predicted octanol–water partition coefficient (Wildman–Crippen LogP) is 2.76. The molecule has 1 saturated carbocycles. The van der Waals surface area contributed by atoms with Gasteiger partial charge in [-0.3, -0.25) is 4.55 Å². The Morgan fingerprint density at radius 1 is 0.926 bits per heavy atom. The van der Waals surface area contributed by atoms with Crippen LogP contribution in [-0.2, 0) is 10.4 Å². The average Bonchev–Trinajstić information content (AvgIpc) is 2.50. The molecule has 1 atom stereocenters. The molecular weight excluding hydrogens is 391 g/mol. The number of aliphatic hydroxyl groups is 1. The zero-order valence-electron chi connectivity index (χ0n) is 16.2. The third kappa shape index (κ3) is 27.2. The quantitative estimate of drug-likeness (QED) is 0.307. The van der Waals surface area contributed by atoms with Gasteiger partial charge in [0.1, 0.15) is 0 Å². The van der Waals surface area contributed by atoms with Crippen LogP contribution in [0.15, 0.2) is 12.2 Å². The third-order valence-electron chi connectivity index (χ3n) is 4.59. The van der Waals surface area contributed by atoms with Crippen molar-refractivity contribution in [1.29, 1.82) is 0 Å². The molecule has 1 fully saturated rings. The van der Waals surface area contributed by atoms with Gasteiger partial charge >= 0.3 is 51.4 Å². The van der Waals surface area contributed by atoms with E-state index in [0.29, 0.717) is 0 Å². The fraction of sp³-hybridized carbons (Fsp3) is 0.900. The van der Waals surface area contributed by atoms with Gasteiger partial charge in [-0.15, -0.1) is 0 Å². The fourth-order valence-corrected chi connectivity index (χ4v) is 3.37. The molecule has 7 heteroatoms. The Hall–Kier alpha value is 1.21. The van der Waals surface area contributed by atoms with Gasteiger partial charge in [-0.05, 0) is 56.8 Å². The molecule has 0 radical (unpaired) electrons. The van der Waals surface area contributed by atoms with Crippen molar-refractivity contribution in [3.05, 3.63) is 12.2 Å². The van der Waals surface area contributed by atoms with E-state index in [1.54, 1.807) is 0 Å². The molecule has 0 heterocycles. The van der Waals surface area contributed by atoms with Gasteiger partial charge < -0.3 is 9.66 Å². The van der Waals surface area contributed by atoms with Gasteiger partial charge in [0.15, 0.2) is 0 Å². The molecule has 2 N–H and O–H groups in total. The van der Waals surface area contributed by atoms with Crippen LogP contribution in [0.2, 0.25) is 0 Å². The summed E-state index contributed by atoms with van der Waals surface area (Å²) in [5.74, 6) is 1.94. The summed E-state index contributed by atoms with van der Waals surface area (Å²) in [5, 5.41) is 9.20. The number of rotatable bonds is 4. The minimum atomic E-state index is -4.92. The minimum Gasteiger partial charge on any atom is -0.726 e. The van der Waals surface area contributed by atoms with E-state index in [9.17, 15) is 5.11 Å². The summed E-state index contributed by atoms with van der Waals surface area (Å²) < 4.78 is 32.8. The molecule has 27 heavy (non-hydrogen) atoms. The minimum absolute atomic E-state index is 0. The number of aliphatic hydroxyl groups excluding tert-OH is 1. The van der Waals surface area contributed by atoms with Crippen LogP contribution in [0.4, 0.5) is 0 Å². The van der Waals surface area contributed by atoms with E-state index < -0.39 is 10.4 Å². The Balaban J connectivity index is -0.000000146. The van der Waals surface area contributed by atoms with Crippen molar-refractivity contribution in [2.24, 2.45) is 11.8 Å². The second-order valence-electron chi connectivity index (χ2n) is 6.83. The van der Waals surface area contributed by atoms with Gasteiger partial charge in [0.25, 0.3) is 0 Å². The van der Waals surface area contributed by atoms with E-state index in [1.807, 2.05) is 0 Å². The Labute approximate surface area is 211 Å². The van der Waals surface area contributed by atoms with E-state index >= 15 is 0 Å². The first-order chi connectivity index (χ1) is 11.3. The third-order valence-corrected chi connectivity index (χ3v) is 4.59. The first-order valence-corrected chi connectivity index (χ1v) is 10.6. The molecule has 2 aliphatic rings. The number of hydrogen-bond acceptors (Lipinski definition) is 4. The Kier molecular flexibility index (Phi) is 28.9. The Bertz CT molecular complexity index is 410. The van der Waals surface area contributed by atoms with Gasteiger partial charge in [0.2, 0.25) is 10.4 Å². The molecule has 0 aliphatic heterocycles. The van der Waals surface area contributed by atoms with Crippen molar-refractivity contribution in [2.75, 3.05) is 0 Å². The second-order valence-corrected chi connectivity index (χ2v) is 7.69. The van der Waals surface area contributed by atoms with E-state index in [4.69, 9.17) is 17.5 Å². The maximum atomic E-state index is 9.20. The molecule has 5 nitrogen and oxygen atoms in total. The molecule has 2 aliphatic carbocycles. The normalized spacial score (nSPS) is 23.7. The van der Waals surface area contributed by atoms with Crippen molar-refractivity contribution in [1.82, 2.24) is 0 Å². The van der Waals surface area contributed by atoms with E-state index in [2.05, 4.69) is 26.0 Å². The summed E-state index contributed by atoms with van der Waals surface area (Å²) in [6.45, 7) is 4.52. The van der Waals surface area contributed by atoms with Crippen LogP contribution < -0.4 is 51.4 Å². The molecule has 0 saturated heterocycles. The van der Waals surface area contributed by atoms with Gasteiger partial charge in [-0.1, -0.05) is 66.5 Å². The standard InChI is InChI=1S/C9H18O.C9H16.2CH4.K.H2O4S/c1-2-3-8-4-6-9(10)7-5-8;1-2-6-9-7-4-3-5-8-9;;;;1-5(2,3)4/h8-10H,2-7H2,1H3;3-4,9H,2,5-8H2,1H3;2*1H4;;(H2,1,2,3,4)/q;;;;+1;/p-1. The van der Waals surface area contributed by atoms with Crippen molar-refractivity contribution < 1.29 is 74.0 Å². The molecule has 1 unspecified atom stereocenters. The first-order valence-electron chi connectivity index (χ1n) is 9.27. The molecule has 0 bridgehead atoms. The van der Waals surface area contributed by atoms with Crippen LogP contribution in [0.3, 0.4) is 0 Å². The number of hydrogen-bond donors (Lipinski definition) is 2. The van der Waals surface area contributed by atoms with Gasteiger partial charge in [0.05, 0.1) is 6.10 Å². The van der Waals surface area contributed by atoms with E-state index in [0.717, 1.165) is 24.7 Å². The zero-order valence-corrected chi connectivity index (χ0v) is 20.1. The monoisotopic (exact) mass is 434 g/mol. The SMILES string of the molecule is C.C.CCCC1CC=CCC1.CCCC1CCC(O)CC1.O=S(=O)([O-])O.[K+]. The number of allylic oxidation sites excluding steroid dienone is 2. The van der Waals surface area contributed by atoms with Crippen molar-refractivity contribution >= 4 is 10.4 Å². The summed E-state index contributed by atoms with van der Waals surface area (Å²) in [6.07, 6.45) is 18.8. The molecular formula is C20H43KO5S. The molecule has 0 aromatic heterocycles. The van der Waals surface area contributed by atoms with Gasteiger partial charge in [-0.2, -0.15) is 0 Å². The average molecular weight is 435 g/mol. The van der Waals surface area contributed by atoms with E-state index in [1.165, 1.54) is 57.8 Å². The Morgan fingerprint density at radius 2 is 1.37 bits per heavy atom.